The number of aryl methyl sites for hydroxylation is 1. The van der Waals surface area contributed by atoms with Crippen molar-refractivity contribution in [3.63, 3.8) is 0 Å². The average Bonchev–Trinajstić information content (AvgIpc) is 3.59. The SMILES string of the molecule is CCc1ccc(NC(=O)CSc2nnc(N3C(N)=C(C#N)C(c4cccs4)C4=C3CC(C)(C)CC4=O)s2)cc1. The summed E-state index contributed by atoms with van der Waals surface area (Å²) in [6, 6.07) is 13.9. The van der Waals surface area contributed by atoms with Crippen LogP contribution in [0.2, 0.25) is 0 Å². The largest absolute Gasteiger partial charge is 0.384 e. The molecule has 5 rings (SSSR count). The van der Waals surface area contributed by atoms with Gasteiger partial charge < -0.3 is 11.1 Å². The molecule has 0 fully saturated rings. The number of hydrogen-bond donors (Lipinski definition) is 2. The second-order valence-corrected chi connectivity index (χ2v) is 13.4. The molecule has 200 valence electrons. The van der Waals surface area contributed by atoms with Gasteiger partial charge in [-0.1, -0.05) is 62.1 Å². The Morgan fingerprint density at radius 2 is 2.03 bits per heavy atom. The minimum atomic E-state index is -0.485. The molecule has 8 nitrogen and oxygen atoms in total. The lowest BCUT2D eigenvalue weighted by Crippen LogP contribution is -2.42. The molecular weight excluding hydrogens is 549 g/mol. The van der Waals surface area contributed by atoms with E-state index in [1.807, 2.05) is 41.8 Å². The van der Waals surface area contributed by atoms with Crippen molar-refractivity contribution in [2.45, 2.75) is 50.3 Å². The molecule has 0 spiro atoms. The zero-order valence-corrected chi connectivity index (χ0v) is 24.3. The quantitative estimate of drug-likeness (QED) is 0.337. The van der Waals surface area contributed by atoms with Crippen molar-refractivity contribution >= 4 is 56.9 Å². The highest BCUT2D eigenvalue weighted by Crippen LogP contribution is 2.51. The molecular formula is C28H28N6O2S3. The van der Waals surface area contributed by atoms with Crippen molar-refractivity contribution in [1.29, 1.82) is 5.26 Å². The number of nitrogens with one attached hydrogen (secondary N) is 1. The summed E-state index contributed by atoms with van der Waals surface area (Å²) in [4.78, 5) is 28.7. The molecule has 2 aliphatic rings. The van der Waals surface area contributed by atoms with Crippen molar-refractivity contribution in [2.24, 2.45) is 11.1 Å². The third kappa shape index (κ3) is 5.50. The fraction of sp³-hybridized carbons (Fsp3) is 0.321. The number of aromatic nitrogens is 2. The predicted molar refractivity (Wildman–Crippen MR) is 156 cm³/mol. The van der Waals surface area contributed by atoms with E-state index in [0.29, 0.717) is 33.5 Å². The van der Waals surface area contributed by atoms with Crippen LogP contribution >= 0.6 is 34.4 Å². The molecule has 39 heavy (non-hydrogen) atoms. The topological polar surface area (TPSA) is 125 Å². The first-order valence-corrected chi connectivity index (χ1v) is 15.2. The minimum absolute atomic E-state index is 0.0210. The molecule has 1 aliphatic heterocycles. The van der Waals surface area contributed by atoms with Crippen LogP contribution in [0.1, 0.15) is 50.0 Å². The Kier molecular flexibility index (Phi) is 7.62. The van der Waals surface area contributed by atoms with Gasteiger partial charge in [0.25, 0.3) is 0 Å². The van der Waals surface area contributed by atoms with Crippen LogP contribution in [-0.2, 0) is 16.0 Å². The Hall–Kier alpha value is -3.46. The van der Waals surface area contributed by atoms with Crippen molar-refractivity contribution in [2.75, 3.05) is 16.0 Å². The number of carbonyl (C=O) groups excluding carboxylic acids is 2. The van der Waals surface area contributed by atoms with Gasteiger partial charge in [-0.2, -0.15) is 5.26 Å². The Morgan fingerprint density at radius 1 is 1.26 bits per heavy atom. The Morgan fingerprint density at radius 3 is 2.69 bits per heavy atom. The van der Waals surface area contributed by atoms with Crippen LogP contribution in [0, 0.1) is 16.7 Å². The summed E-state index contributed by atoms with van der Waals surface area (Å²) in [6.45, 7) is 6.20. The minimum Gasteiger partial charge on any atom is -0.384 e. The molecule has 0 saturated carbocycles. The number of anilines is 2. The molecule has 1 unspecified atom stereocenters. The molecule has 0 bridgehead atoms. The number of Topliss-reactive ketones (excluding diaryl/α,β-unsaturated/α-hetero) is 1. The van der Waals surface area contributed by atoms with Crippen LogP contribution in [0.3, 0.4) is 0 Å². The first kappa shape index (κ1) is 27.1. The monoisotopic (exact) mass is 576 g/mol. The molecule has 0 radical (unpaired) electrons. The maximum Gasteiger partial charge on any atom is 0.234 e. The number of ketones is 1. The Bertz CT molecular complexity index is 1510. The Balaban J connectivity index is 1.41. The summed E-state index contributed by atoms with van der Waals surface area (Å²) in [5.74, 6) is -0.178. The number of amides is 1. The zero-order valence-electron chi connectivity index (χ0n) is 21.9. The van der Waals surface area contributed by atoms with E-state index in [2.05, 4.69) is 42.4 Å². The van der Waals surface area contributed by atoms with E-state index in [9.17, 15) is 14.9 Å². The summed E-state index contributed by atoms with van der Waals surface area (Å²) >= 11 is 4.07. The van der Waals surface area contributed by atoms with Gasteiger partial charge in [0, 0.05) is 28.3 Å². The van der Waals surface area contributed by atoms with E-state index in [0.717, 1.165) is 22.7 Å². The zero-order chi connectivity index (χ0) is 27.7. The third-order valence-corrected chi connectivity index (χ3v) is 9.75. The molecule has 3 heterocycles. The maximum atomic E-state index is 13.5. The number of thiophene rings is 1. The normalized spacial score (nSPS) is 18.7. The highest BCUT2D eigenvalue weighted by atomic mass is 32.2. The molecule has 2 aromatic heterocycles. The summed E-state index contributed by atoms with van der Waals surface area (Å²) in [7, 11) is 0. The van der Waals surface area contributed by atoms with Gasteiger partial charge in [0.2, 0.25) is 11.0 Å². The lowest BCUT2D eigenvalue weighted by atomic mass is 9.70. The van der Waals surface area contributed by atoms with Gasteiger partial charge in [-0.05, 0) is 47.4 Å². The van der Waals surface area contributed by atoms with E-state index >= 15 is 0 Å². The van der Waals surface area contributed by atoms with Gasteiger partial charge in [-0.15, -0.1) is 21.5 Å². The molecule has 11 heteroatoms. The van der Waals surface area contributed by atoms with Crippen molar-refractivity contribution in [3.8, 4) is 6.07 Å². The van der Waals surface area contributed by atoms with E-state index < -0.39 is 5.92 Å². The van der Waals surface area contributed by atoms with Gasteiger partial charge in [0.15, 0.2) is 10.1 Å². The number of hydrogen-bond acceptors (Lipinski definition) is 10. The van der Waals surface area contributed by atoms with Gasteiger partial charge in [0.1, 0.15) is 5.82 Å². The van der Waals surface area contributed by atoms with Crippen LogP contribution < -0.4 is 16.0 Å². The molecule has 1 amide bonds. The fourth-order valence-corrected chi connectivity index (χ4v) is 7.49. The molecule has 3 aromatic rings. The third-order valence-electron chi connectivity index (χ3n) is 6.77. The smallest absolute Gasteiger partial charge is 0.234 e. The standard InChI is InChI=1S/C28H28N6O2S3/c1-4-16-7-9-17(10-8-16)31-22(36)15-38-27-33-32-26(39-27)34-19-12-28(2,3)13-20(35)24(19)23(18(14-29)25(34)30)21-6-5-11-37-21/h5-11,23H,4,12-13,15,30H2,1-3H3,(H,31,36). The molecule has 1 aromatic carbocycles. The van der Waals surface area contributed by atoms with Crippen molar-refractivity contribution in [3.05, 3.63) is 74.9 Å². The number of nitrogens with zero attached hydrogens (tertiary/aromatic N) is 4. The highest BCUT2D eigenvalue weighted by Gasteiger charge is 2.45. The number of allylic oxidation sites excluding steroid dienone is 3. The number of nitriles is 1. The van der Waals surface area contributed by atoms with Crippen LogP contribution in [0.25, 0.3) is 0 Å². The number of carbonyl (C=O) groups is 2. The average molecular weight is 577 g/mol. The van der Waals surface area contributed by atoms with Crippen LogP contribution in [0.4, 0.5) is 10.8 Å². The molecule has 3 N–H and O–H groups in total. The lowest BCUT2D eigenvalue weighted by molar-refractivity contribution is -0.118. The summed E-state index contributed by atoms with van der Waals surface area (Å²) in [5, 5.41) is 24.1. The lowest BCUT2D eigenvalue weighted by Gasteiger charge is -2.42. The van der Waals surface area contributed by atoms with Crippen molar-refractivity contribution < 1.29 is 9.59 Å². The van der Waals surface area contributed by atoms with Crippen LogP contribution in [0.15, 0.2) is 68.8 Å². The van der Waals surface area contributed by atoms with E-state index in [4.69, 9.17) is 5.73 Å². The summed E-state index contributed by atoms with van der Waals surface area (Å²) < 4.78 is 0.594. The van der Waals surface area contributed by atoms with Crippen LogP contribution in [0.5, 0.6) is 0 Å². The van der Waals surface area contributed by atoms with E-state index in [1.165, 1.54) is 40.0 Å². The van der Waals surface area contributed by atoms with Gasteiger partial charge >= 0.3 is 0 Å². The number of thioether (sulfide) groups is 1. The number of benzene rings is 1. The highest BCUT2D eigenvalue weighted by molar-refractivity contribution is 8.01. The number of nitrogens with two attached hydrogens (primary N) is 1. The fourth-order valence-electron chi connectivity index (χ4n) is 4.97. The molecule has 1 aliphatic carbocycles. The first-order chi connectivity index (χ1) is 18.7. The predicted octanol–water partition coefficient (Wildman–Crippen LogP) is 5.83. The van der Waals surface area contributed by atoms with E-state index in [-0.39, 0.29) is 28.7 Å². The van der Waals surface area contributed by atoms with Crippen molar-refractivity contribution in [1.82, 2.24) is 10.2 Å². The Labute approximate surface area is 239 Å². The first-order valence-electron chi connectivity index (χ1n) is 12.6. The number of rotatable bonds is 7. The molecule has 0 saturated heterocycles. The molecule has 1 atom stereocenters. The van der Waals surface area contributed by atoms with Gasteiger partial charge in [0.05, 0.1) is 23.3 Å². The van der Waals surface area contributed by atoms with Gasteiger partial charge in [-0.25, -0.2) is 0 Å². The second kappa shape index (κ2) is 11.0. The van der Waals surface area contributed by atoms with E-state index in [1.54, 1.807) is 4.90 Å². The maximum absolute atomic E-state index is 13.5. The summed E-state index contributed by atoms with van der Waals surface area (Å²) in [6.07, 6.45) is 1.94. The second-order valence-electron chi connectivity index (χ2n) is 10.2. The van der Waals surface area contributed by atoms with Gasteiger partial charge in [-0.3, -0.25) is 14.5 Å². The summed E-state index contributed by atoms with van der Waals surface area (Å²) in [5.41, 5.74) is 10.1. The van der Waals surface area contributed by atoms with Crippen LogP contribution in [-0.4, -0.2) is 27.6 Å².